The highest BCUT2D eigenvalue weighted by Gasteiger charge is 2.43. The highest BCUT2D eigenvalue weighted by atomic mass is 19.4. The molecule has 0 atom stereocenters. The van der Waals surface area contributed by atoms with Gasteiger partial charge >= 0.3 is 30.9 Å². The van der Waals surface area contributed by atoms with Crippen molar-refractivity contribution in [3.05, 3.63) is 70.3 Å². The predicted molar refractivity (Wildman–Crippen MR) is 113 cm³/mol. The maximum Gasteiger partial charge on any atom is 0.420 e. The number of nitrogens with two attached hydrogens (primary N) is 2. The summed E-state index contributed by atoms with van der Waals surface area (Å²) in [5.41, 5.74) is -2.53. The van der Waals surface area contributed by atoms with Gasteiger partial charge in [-0.2, -0.15) is 65.9 Å². The van der Waals surface area contributed by atoms with Crippen molar-refractivity contribution in [1.82, 2.24) is 0 Å². The van der Waals surface area contributed by atoms with Crippen LogP contribution in [0.1, 0.15) is 27.8 Å². The van der Waals surface area contributed by atoms with Gasteiger partial charge in [-0.25, -0.2) is 0 Å². The van der Waals surface area contributed by atoms with Crippen LogP contribution in [0.4, 0.5) is 77.2 Å². The second-order valence-corrected chi connectivity index (χ2v) is 8.22. The summed E-state index contributed by atoms with van der Waals surface area (Å²) >= 11 is 0. The number of hydrogen-bond donors (Lipinski definition) is 2. The molecule has 0 unspecified atom stereocenters. The zero-order valence-electron chi connectivity index (χ0n) is 19.7. The van der Waals surface area contributed by atoms with E-state index in [0.717, 1.165) is 0 Å². The molecule has 3 rings (SSSR count). The van der Waals surface area contributed by atoms with Crippen molar-refractivity contribution >= 4 is 11.4 Å². The number of halogens is 15. The molecule has 3 aromatic rings. The third kappa shape index (κ3) is 6.99. The van der Waals surface area contributed by atoms with Crippen molar-refractivity contribution in [1.29, 1.82) is 0 Å². The van der Waals surface area contributed by atoms with Crippen LogP contribution in [0, 0.1) is 0 Å². The number of ether oxygens (including phenoxy) is 2. The Hall–Kier alpha value is -4.19. The van der Waals surface area contributed by atoms with E-state index in [4.69, 9.17) is 16.2 Å². The maximum atomic E-state index is 13.6. The molecular weight excluding hydrogens is 621 g/mol. The van der Waals surface area contributed by atoms with E-state index < -0.39 is 93.1 Å². The third-order valence-corrected chi connectivity index (χ3v) is 5.23. The van der Waals surface area contributed by atoms with Gasteiger partial charge in [0.1, 0.15) is 34.1 Å². The van der Waals surface area contributed by atoms with Crippen LogP contribution in [0.3, 0.4) is 0 Å². The molecule has 0 amide bonds. The number of benzene rings is 3. The summed E-state index contributed by atoms with van der Waals surface area (Å²) in [6, 6.07) is -0.757. The van der Waals surface area contributed by atoms with Gasteiger partial charge in [-0.3, -0.25) is 0 Å². The lowest BCUT2D eigenvalue weighted by Gasteiger charge is -2.21. The van der Waals surface area contributed by atoms with E-state index in [1.54, 1.807) is 0 Å². The second-order valence-electron chi connectivity index (χ2n) is 8.22. The van der Waals surface area contributed by atoms with Gasteiger partial charge in [0.05, 0.1) is 16.7 Å². The van der Waals surface area contributed by atoms with E-state index in [1.807, 2.05) is 0 Å². The van der Waals surface area contributed by atoms with E-state index in [0.29, 0.717) is 0 Å². The predicted octanol–water partition coefficient (Wildman–Crippen LogP) is 9.53. The largest absolute Gasteiger partial charge is 0.457 e. The van der Waals surface area contributed by atoms with Gasteiger partial charge in [-0.1, -0.05) is 0 Å². The molecule has 0 aliphatic heterocycles. The summed E-state index contributed by atoms with van der Waals surface area (Å²) in [5.74, 6) is -6.36. The van der Waals surface area contributed by atoms with Gasteiger partial charge in [0.2, 0.25) is 0 Å². The lowest BCUT2D eigenvalue weighted by Crippen LogP contribution is -2.15. The van der Waals surface area contributed by atoms with Crippen LogP contribution in [0.2, 0.25) is 0 Å². The summed E-state index contributed by atoms with van der Waals surface area (Å²) in [6.07, 6.45) is -27.2. The highest BCUT2D eigenvalue weighted by molar-refractivity contribution is 5.60. The topological polar surface area (TPSA) is 70.5 Å². The van der Waals surface area contributed by atoms with E-state index in [-0.39, 0.29) is 42.5 Å². The molecule has 0 aromatic heterocycles. The molecule has 0 aliphatic rings. The monoisotopic (exact) mass is 632 g/mol. The molecule has 0 saturated carbocycles. The van der Waals surface area contributed by atoms with Crippen LogP contribution in [-0.2, 0) is 30.9 Å². The molecule has 4 N–H and O–H groups in total. The number of alkyl halides is 15. The normalized spacial score (nSPS) is 13.3. The van der Waals surface area contributed by atoms with Crippen molar-refractivity contribution in [2.45, 2.75) is 30.9 Å². The van der Waals surface area contributed by atoms with Crippen molar-refractivity contribution in [2.24, 2.45) is 0 Å². The Morgan fingerprint density at radius 3 is 1.07 bits per heavy atom. The first kappa shape index (κ1) is 32.3. The van der Waals surface area contributed by atoms with Crippen molar-refractivity contribution in [3.63, 3.8) is 0 Å². The minimum absolute atomic E-state index is 0.00483. The minimum Gasteiger partial charge on any atom is -0.457 e. The van der Waals surface area contributed by atoms with Gasteiger partial charge in [0.25, 0.3) is 0 Å². The van der Waals surface area contributed by atoms with Crippen LogP contribution in [0.15, 0.2) is 42.5 Å². The number of nitrogen functional groups attached to an aromatic ring is 2. The Morgan fingerprint density at radius 1 is 0.381 bits per heavy atom. The molecule has 0 radical (unpaired) electrons. The summed E-state index contributed by atoms with van der Waals surface area (Å²) in [4.78, 5) is 0. The molecule has 0 fully saturated rings. The van der Waals surface area contributed by atoms with Crippen LogP contribution in [0.25, 0.3) is 0 Å². The summed E-state index contributed by atoms with van der Waals surface area (Å²) in [7, 11) is 0. The van der Waals surface area contributed by atoms with Gasteiger partial charge < -0.3 is 20.9 Å². The average molecular weight is 632 g/mol. The Labute approximate surface area is 223 Å². The molecule has 19 heteroatoms. The lowest BCUT2D eigenvalue weighted by molar-refractivity contribution is -0.142. The second kappa shape index (κ2) is 10.3. The van der Waals surface area contributed by atoms with Crippen LogP contribution in [-0.4, -0.2) is 0 Å². The van der Waals surface area contributed by atoms with Gasteiger partial charge in [0, 0.05) is 17.4 Å². The first-order valence-electron chi connectivity index (χ1n) is 10.5. The molecule has 4 nitrogen and oxygen atoms in total. The number of hydrogen-bond acceptors (Lipinski definition) is 4. The minimum atomic E-state index is -5.54. The molecule has 0 bridgehead atoms. The lowest BCUT2D eigenvalue weighted by atomic mass is 10.1. The summed E-state index contributed by atoms with van der Waals surface area (Å²) < 4.78 is 210. The smallest absolute Gasteiger partial charge is 0.420 e. The van der Waals surface area contributed by atoms with Crippen molar-refractivity contribution < 1.29 is 75.3 Å². The highest BCUT2D eigenvalue weighted by Crippen LogP contribution is 2.49. The Kier molecular flexibility index (Phi) is 7.90. The fraction of sp³-hybridized carbons (Fsp3) is 0.217. The van der Waals surface area contributed by atoms with Crippen LogP contribution >= 0.6 is 0 Å². The van der Waals surface area contributed by atoms with E-state index in [1.165, 1.54) is 0 Å². The van der Waals surface area contributed by atoms with Gasteiger partial charge in [-0.05, 0) is 36.4 Å². The molecule has 3 aromatic carbocycles. The zero-order valence-corrected chi connectivity index (χ0v) is 19.7. The fourth-order valence-corrected chi connectivity index (χ4v) is 3.43. The van der Waals surface area contributed by atoms with E-state index in [2.05, 4.69) is 4.74 Å². The zero-order chi connectivity index (χ0) is 32.2. The Bertz CT molecular complexity index is 1480. The fourth-order valence-electron chi connectivity index (χ4n) is 3.43. The molecule has 42 heavy (non-hydrogen) atoms. The number of anilines is 2. The maximum absolute atomic E-state index is 13.6. The molecule has 0 saturated heterocycles. The van der Waals surface area contributed by atoms with Crippen LogP contribution < -0.4 is 20.9 Å². The summed E-state index contributed by atoms with van der Waals surface area (Å²) in [5, 5.41) is 0. The van der Waals surface area contributed by atoms with Gasteiger partial charge in [0.15, 0.2) is 0 Å². The molecule has 0 spiro atoms. The SMILES string of the molecule is Nc1cc(C(F)(F)F)c(Oc2ccc(C(F)(F)F)c(Oc3cc(C(F)(F)F)c(N)cc3C(F)(F)F)c2)cc1C(F)(F)F. The Balaban J connectivity index is 2.24. The third-order valence-electron chi connectivity index (χ3n) is 5.23. The van der Waals surface area contributed by atoms with E-state index >= 15 is 0 Å². The van der Waals surface area contributed by atoms with E-state index in [9.17, 15) is 65.9 Å². The first-order valence-corrected chi connectivity index (χ1v) is 10.5. The first-order chi connectivity index (χ1) is 18.8. The van der Waals surface area contributed by atoms with Crippen molar-refractivity contribution in [2.75, 3.05) is 11.5 Å². The Morgan fingerprint density at radius 2 is 0.714 bits per heavy atom. The molecule has 230 valence electrons. The standard InChI is InChI=1S/C23H11F15N2O2/c24-19(25,26)9-2-1-8(41-17-6-10(20(27,28)29)14(39)4-12(17)22(33,34)35)3-16(9)42-18-7-11(21(30,31)32)15(40)5-13(18)23(36,37)38/h1-7H,39-40H2. The van der Waals surface area contributed by atoms with Crippen molar-refractivity contribution in [3.8, 4) is 23.0 Å². The number of rotatable bonds is 4. The molecular formula is C23H11F15N2O2. The summed E-state index contributed by atoms with van der Waals surface area (Å²) in [6.45, 7) is 0. The molecule has 0 aliphatic carbocycles. The van der Waals surface area contributed by atoms with Gasteiger partial charge in [-0.15, -0.1) is 0 Å². The molecule has 0 heterocycles. The quantitative estimate of drug-likeness (QED) is 0.222. The average Bonchev–Trinajstić information content (AvgIpc) is 2.77. The van der Waals surface area contributed by atoms with Crippen LogP contribution in [0.5, 0.6) is 23.0 Å².